The lowest BCUT2D eigenvalue weighted by atomic mass is 10.1. The van der Waals surface area contributed by atoms with Crippen LogP contribution >= 0.6 is 27.3 Å². The molecule has 1 aliphatic rings. The molecule has 0 aliphatic heterocycles. The van der Waals surface area contributed by atoms with E-state index in [1.165, 1.54) is 12.8 Å². The molecular weight excluding hydrogens is 300 g/mol. The first kappa shape index (κ1) is 13.1. The number of hydrogen-bond donors (Lipinski definition) is 2. The van der Waals surface area contributed by atoms with E-state index < -0.39 is 0 Å². The number of carbonyl (C=O) groups excluding carboxylic acids is 1. The molecule has 2 rings (SSSR count). The third-order valence-electron chi connectivity index (χ3n) is 3.13. The van der Waals surface area contributed by atoms with Gasteiger partial charge in [-0.05, 0) is 48.0 Å². The van der Waals surface area contributed by atoms with Crippen molar-refractivity contribution in [1.29, 1.82) is 0 Å². The van der Waals surface area contributed by atoms with E-state index in [-0.39, 0.29) is 5.91 Å². The summed E-state index contributed by atoms with van der Waals surface area (Å²) in [6, 6.07) is 3.98. The summed E-state index contributed by atoms with van der Waals surface area (Å²) in [7, 11) is 1.96. The second-order valence-corrected chi connectivity index (χ2v) is 7.24. The van der Waals surface area contributed by atoms with Crippen LogP contribution in [-0.2, 0) is 11.2 Å². The van der Waals surface area contributed by atoms with E-state index in [1.807, 2.05) is 19.2 Å². The van der Waals surface area contributed by atoms with Gasteiger partial charge in [-0.25, -0.2) is 0 Å². The van der Waals surface area contributed by atoms with E-state index in [0.717, 1.165) is 21.8 Å². The third kappa shape index (κ3) is 3.79. The highest BCUT2D eigenvalue weighted by atomic mass is 79.9. The summed E-state index contributed by atoms with van der Waals surface area (Å²) in [5, 5.41) is 6.23. The first-order valence-corrected chi connectivity index (χ1v) is 7.40. The van der Waals surface area contributed by atoms with Crippen molar-refractivity contribution in [3.8, 4) is 0 Å². The monoisotopic (exact) mass is 316 g/mol. The summed E-state index contributed by atoms with van der Waals surface area (Å²) >= 11 is 5.02. The Morgan fingerprint density at radius 2 is 2.24 bits per heavy atom. The number of hydrogen-bond acceptors (Lipinski definition) is 3. The van der Waals surface area contributed by atoms with Crippen molar-refractivity contribution < 1.29 is 4.79 Å². The summed E-state index contributed by atoms with van der Waals surface area (Å²) in [6.07, 6.45) is 2.93. The minimum Gasteiger partial charge on any atom is -0.355 e. The predicted molar refractivity (Wildman–Crippen MR) is 74.3 cm³/mol. The molecule has 3 nitrogen and oxygen atoms in total. The zero-order valence-electron chi connectivity index (χ0n) is 9.88. The molecule has 0 spiro atoms. The van der Waals surface area contributed by atoms with Gasteiger partial charge in [0.25, 0.3) is 0 Å². The lowest BCUT2D eigenvalue weighted by molar-refractivity contribution is -0.120. The molecule has 5 heteroatoms. The van der Waals surface area contributed by atoms with E-state index in [4.69, 9.17) is 0 Å². The molecular formula is C12H17BrN2OS. The zero-order valence-corrected chi connectivity index (χ0v) is 12.3. The average molecular weight is 317 g/mol. The van der Waals surface area contributed by atoms with Crippen LogP contribution in [0.2, 0.25) is 0 Å². The van der Waals surface area contributed by atoms with Crippen LogP contribution in [0.15, 0.2) is 15.9 Å². The van der Waals surface area contributed by atoms with E-state index in [2.05, 4.69) is 26.6 Å². The van der Waals surface area contributed by atoms with Gasteiger partial charge in [0.05, 0.1) is 10.2 Å². The van der Waals surface area contributed by atoms with Gasteiger partial charge in [0.1, 0.15) is 0 Å². The Kier molecular flexibility index (Phi) is 4.22. The lowest BCUT2D eigenvalue weighted by Gasteiger charge is -2.15. The second-order valence-electron chi connectivity index (χ2n) is 4.69. The normalized spacial score (nSPS) is 16.8. The van der Waals surface area contributed by atoms with Crippen molar-refractivity contribution in [2.24, 2.45) is 5.41 Å². The van der Waals surface area contributed by atoms with Crippen LogP contribution < -0.4 is 10.6 Å². The molecule has 1 fully saturated rings. The van der Waals surface area contributed by atoms with Gasteiger partial charge in [-0.2, -0.15) is 0 Å². The molecule has 0 saturated heterocycles. The maximum absolute atomic E-state index is 11.8. The molecule has 94 valence electrons. The second kappa shape index (κ2) is 5.50. The van der Waals surface area contributed by atoms with Crippen LogP contribution in [0.3, 0.4) is 0 Å². The number of nitrogens with one attached hydrogen (secondary N) is 2. The highest BCUT2D eigenvalue weighted by molar-refractivity contribution is 9.11. The van der Waals surface area contributed by atoms with Crippen molar-refractivity contribution in [2.75, 3.05) is 20.1 Å². The summed E-state index contributed by atoms with van der Waals surface area (Å²) in [5.74, 6) is 0.127. The molecule has 0 radical (unpaired) electrons. The summed E-state index contributed by atoms with van der Waals surface area (Å²) in [4.78, 5) is 12.9. The first-order chi connectivity index (χ1) is 8.13. The number of rotatable bonds is 6. The van der Waals surface area contributed by atoms with E-state index >= 15 is 0 Å². The van der Waals surface area contributed by atoms with Crippen molar-refractivity contribution >= 4 is 33.2 Å². The minimum absolute atomic E-state index is 0.127. The maximum atomic E-state index is 11.8. The Bertz CT molecular complexity index is 401. The Morgan fingerprint density at radius 1 is 1.47 bits per heavy atom. The summed E-state index contributed by atoms with van der Waals surface area (Å²) in [6.45, 7) is 1.80. The van der Waals surface area contributed by atoms with Gasteiger partial charge in [-0.15, -0.1) is 11.3 Å². The number of halogens is 1. The van der Waals surface area contributed by atoms with Crippen LogP contribution in [0.5, 0.6) is 0 Å². The molecule has 1 heterocycles. The van der Waals surface area contributed by atoms with Crippen LogP contribution in [0.25, 0.3) is 0 Å². The minimum atomic E-state index is 0.127. The average Bonchev–Trinajstić information content (AvgIpc) is 2.94. The fraction of sp³-hybridized carbons (Fsp3) is 0.583. The largest absolute Gasteiger partial charge is 0.355 e. The smallest absolute Gasteiger partial charge is 0.225 e. The van der Waals surface area contributed by atoms with E-state index in [9.17, 15) is 4.79 Å². The molecule has 1 saturated carbocycles. The molecule has 0 bridgehead atoms. The predicted octanol–water partition coefficient (Wildman–Crippen LogP) is 2.17. The van der Waals surface area contributed by atoms with Crippen molar-refractivity contribution in [3.05, 3.63) is 20.8 Å². The zero-order chi connectivity index (χ0) is 12.3. The Hall–Kier alpha value is -0.390. The quantitative estimate of drug-likeness (QED) is 0.844. The molecule has 0 unspecified atom stereocenters. The Balaban J connectivity index is 1.74. The van der Waals surface area contributed by atoms with Crippen LogP contribution in [0, 0.1) is 5.41 Å². The topological polar surface area (TPSA) is 41.1 Å². The molecule has 1 aliphatic carbocycles. The molecule has 1 aromatic rings. The van der Waals surface area contributed by atoms with Crippen molar-refractivity contribution in [3.63, 3.8) is 0 Å². The van der Waals surface area contributed by atoms with Crippen LogP contribution in [-0.4, -0.2) is 26.0 Å². The molecule has 0 atom stereocenters. The molecule has 1 amide bonds. The maximum Gasteiger partial charge on any atom is 0.225 e. The van der Waals surface area contributed by atoms with Crippen LogP contribution in [0.1, 0.15) is 17.7 Å². The Morgan fingerprint density at radius 3 is 2.76 bits per heavy atom. The number of thiophene rings is 1. The lowest BCUT2D eigenvalue weighted by Crippen LogP contribution is -2.35. The SMILES string of the molecule is CNCC1(CNC(=O)Cc2ccc(Br)s2)CC1. The van der Waals surface area contributed by atoms with Gasteiger partial charge in [0.2, 0.25) is 5.91 Å². The first-order valence-electron chi connectivity index (χ1n) is 5.79. The van der Waals surface area contributed by atoms with E-state index in [1.54, 1.807) is 11.3 Å². The molecule has 2 N–H and O–H groups in total. The number of amides is 1. The van der Waals surface area contributed by atoms with Gasteiger partial charge in [0, 0.05) is 23.4 Å². The highest BCUT2D eigenvalue weighted by Crippen LogP contribution is 2.44. The van der Waals surface area contributed by atoms with Gasteiger partial charge < -0.3 is 10.6 Å². The van der Waals surface area contributed by atoms with Gasteiger partial charge in [0.15, 0.2) is 0 Å². The summed E-state index contributed by atoms with van der Waals surface area (Å²) in [5.41, 5.74) is 0.334. The number of carbonyl (C=O) groups is 1. The molecule has 1 aromatic heterocycles. The molecule has 0 aromatic carbocycles. The van der Waals surface area contributed by atoms with Gasteiger partial charge in [-0.3, -0.25) is 4.79 Å². The van der Waals surface area contributed by atoms with Gasteiger partial charge >= 0.3 is 0 Å². The van der Waals surface area contributed by atoms with E-state index in [0.29, 0.717) is 11.8 Å². The standard InChI is InChI=1S/C12H17BrN2OS/c1-14-7-12(4-5-12)8-15-11(16)6-9-2-3-10(13)17-9/h2-3,14H,4-8H2,1H3,(H,15,16). The highest BCUT2D eigenvalue weighted by Gasteiger charge is 2.41. The summed E-state index contributed by atoms with van der Waals surface area (Å²) < 4.78 is 1.08. The van der Waals surface area contributed by atoms with Crippen molar-refractivity contribution in [1.82, 2.24) is 10.6 Å². The Labute approximate surface area is 114 Å². The van der Waals surface area contributed by atoms with Crippen molar-refractivity contribution in [2.45, 2.75) is 19.3 Å². The molecule has 17 heavy (non-hydrogen) atoms. The fourth-order valence-electron chi connectivity index (χ4n) is 1.92. The fourth-order valence-corrected chi connectivity index (χ4v) is 3.40. The van der Waals surface area contributed by atoms with Crippen LogP contribution in [0.4, 0.5) is 0 Å². The van der Waals surface area contributed by atoms with Gasteiger partial charge in [-0.1, -0.05) is 0 Å². The third-order valence-corrected chi connectivity index (χ3v) is 4.76.